The molecular formula is C13H25N3O3. The number of hydrogen-bond acceptors (Lipinski definition) is 4. The van der Waals surface area contributed by atoms with E-state index >= 15 is 0 Å². The van der Waals surface area contributed by atoms with Gasteiger partial charge in [-0.1, -0.05) is 6.92 Å². The van der Waals surface area contributed by atoms with Gasteiger partial charge in [-0.2, -0.15) is 0 Å². The Morgan fingerprint density at radius 2 is 2.05 bits per heavy atom. The number of primary amides is 1. The zero-order valence-electron chi connectivity index (χ0n) is 11.6. The first-order valence-corrected chi connectivity index (χ1v) is 7.02. The van der Waals surface area contributed by atoms with Crippen LogP contribution in [0.2, 0.25) is 0 Å². The lowest BCUT2D eigenvalue weighted by atomic mass is 10.0. The SMILES string of the molecule is CCCNC1COCC1C(=O)NCCCCC(N)=O. The summed E-state index contributed by atoms with van der Waals surface area (Å²) in [5, 5.41) is 6.23. The Morgan fingerprint density at radius 3 is 2.74 bits per heavy atom. The number of carbonyl (C=O) groups excluding carboxylic acids is 2. The molecule has 2 amide bonds. The van der Waals surface area contributed by atoms with Gasteiger partial charge in [0.25, 0.3) is 0 Å². The summed E-state index contributed by atoms with van der Waals surface area (Å²) >= 11 is 0. The van der Waals surface area contributed by atoms with Gasteiger partial charge in [-0.15, -0.1) is 0 Å². The maximum Gasteiger partial charge on any atom is 0.227 e. The van der Waals surface area contributed by atoms with Crippen LogP contribution in [0.5, 0.6) is 0 Å². The van der Waals surface area contributed by atoms with Crippen molar-refractivity contribution >= 4 is 11.8 Å². The van der Waals surface area contributed by atoms with E-state index in [0.29, 0.717) is 32.6 Å². The second-order valence-electron chi connectivity index (χ2n) is 4.92. The average Bonchev–Trinajstić information content (AvgIpc) is 2.83. The van der Waals surface area contributed by atoms with Gasteiger partial charge in [-0.05, 0) is 25.8 Å². The maximum atomic E-state index is 12.0. The highest BCUT2D eigenvalue weighted by Gasteiger charge is 2.33. The van der Waals surface area contributed by atoms with Gasteiger partial charge in [0.2, 0.25) is 11.8 Å². The van der Waals surface area contributed by atoms with Crippen LogP contribution in [0.15, 0.2) is 0 Å². The van der Waals surface area contributed by atoms with E-state index in [9.17, 15) is 9.59 Å². The fraction of sp³-hybridized carbons (Fsp3) is 0.846. The minimum atomic E-state index is -0.292. The molecule has 2 atom stereocenters. The van der Waals surface area contributed by atoms with Crippen molar-refractivity contribution in [1.82, 2.24) is 10.6 Å². The first kappa shape index (κ1) is 15.9. The van der Waals surface area contributed by atoms with Crippen molar-refractivity contribution in [2.45, 2.75) is 38.6 Å². The molecule has 0 aromatic carbocycles. The number of carbonyl (C=O) groups is 2. The summed E-state index contributed by atoms with van der Waals surface area (Å²) < 4.78 is 5.36. The van der Waals surface area contributed by atoms with Crippen LogP contribution in [0.3, 0.4) is 0 Å². The van der Waals surface area contributed by atoms with Crippen LogP contribution in [0.4, 0.5) is 0 Å². The van der Waals surface area contributed by atoms with Crippen LogP contribution >= 0.6 is 0 Å². The molecule has 1 aliphatic rings. The molecule has 19 heavy (non-hydrogen) atoms. The van der Waals surface area contributed by atoms with Crippen molar-refractivity contribution in [3.8, 4) is 0 Å². The fourth-order valence-corrected chi connectivity index (χ4v) is 2.11. The smallest absolute Gasteiger partial charge is 0.227 e. The summed E-state index contributed by atoms with van der Waals surface area (Å²) in [6.07, 6.45) is 2.91. The molecule has 110 valence electrons. The number of amides is 2. The van der Waals surface area contributed by atoms with Gasteiger partial charge >= 0.3 is 0 Å². The van der Waals surface area contributed by atoms with Gasteiger partial charge in [-0.25, -0.2) is 0 Å². The highest BCUT2D eigenvalue weighted by atomic mass is 16.5. The van der Waals surface area contributed by atoms with E-state index in [1.165, 1.54) is 0 Å². The third-order valence-electron chi connectivity index (χ3n) is 3.22. The number of ether oxygens (including phenoxy) is 1. The number of nitrogens with one attached hydrogen (secondary N) is 2. The summed E-state index contributed by atoms with van der Waals surface area (Å²) in [5.41, 5.74) is 5.05. The van der Waals surface area contributed by atoms with Crippen LogP contribution in [-0.4, -0.2) is 44.2 Å². The molecule has 4 N–H and O–H groups in total. The van der Waals surface area contributed by atoms with Gasteiger partial charge in [0, 0.05) is 19.0 Å². The van der Waals surface area contributed by atoms with Gasteiger partial charge in [-0.3, -0.25) is 9.59 Å². The number of rotatable bonds is 9. The molecule has 6 nitrogen and oxygen atoms in total. The quantitative estimate of drug-likeness (QED) is 0.505. The van der Waals surface area contributed by atoms with E-state index in [0.717, 1.165) is 19.4 Å². The lowest BCUT2D eigenvalue weighted by Gasteiger charge is -2.18. The fourth-order valence-electron chi connectivity index (χ4n) is 2.11. The molecule has 1 saturated heterocycles. The maximum absolute atomic E-state index is 12.0. The van der Waals surface area contributed by atoms with Crippen molar-refractivity contribution in [1.29, 1.82) is 0 Å². The van der Waals surface area contributed by atoms with Gasteiger partial charge in [0.05, 0.1) is 19.1 Å². The third kappa shape index (κ3) is 6.02. The van der Waals surface area contributed by atoms with Crippen LogP contribution in [0.25, 0.3) is 0 Å². The lowest BCUT2D eigenvalue weighted by molar-refractivity contribution is -0.125. The lowest BCUT2D eigenvalue weighted by Crippen LogP contribution is -2.44. The van der Waals surface area contributed by atoms with Crippen molar-refractivity contribution in [3.05, 3.63) is 0 Å². The summed E-state index contributed by atoms with van der Waals surface area (Å²) in [6, 6.07) is 0.116. The highest BCUT2D eigenvalue weighted by Crippen LogP contribution is 2.13. The van der Waals surface area contributed by atoms with E-state index < -0.39 is 0 Å². The molecule has 0 spiro atoms. The Bertz CT molecular complexity index is 297. The molecule has 1 heterocycles. The second kappa shape index (κ2) is 8.87. The zero-order chi connectivity index (χ0) is 14.1. The number of hydrogen-bond donors (Lipinski definition) is 3. The molecule has 0 aromatic heterocycles. The molecule has 0 saturated carbocycles. The van der Waals surface area contributed by atoms with Crippen LogP contribution < -0.4 is 16.4 Å². The number of nitrogens with two attached hydrogens (primary N) is 1. The molecular weight excluding hydrogens is 246 g/mol. The van der Waals surface area contributed by atoms with E-state index in [4.69, 9.17) is 10.5 Å². The summed E-state index contributed by atoms with van der Waals surface area (Å²) in [7, 11) is 0. The minimum Gasteiger partial charge on any atom is -0.379 e. The standard InChI is InChI=1S/C13H25N3O3/c1-2-6-15-11-9-19-8-10(11)13(18)16-7-4-3-5-12(14)17/h10-11,15H,2-9H2,1H3,(H2,14,17)(H,16,18). The topological polar surface area (TPSA) is 93.4 Å². The average molecular weight is 271 g/mol. The summed E-state index contributed by atoms with van der Waals surface area (Å²) in [5.74, 6) is -0.368. The Hall–Kier alpha value is -1.14. The normalized spacial score (nSPS) is 22.4. The predicted octanol–water partition coefficient (Wildman–Crippen LogP) is -0.227. The Kier molecular flexibility index (Phi) is 7.43. The first-order chi connectivity index (χ1) is 9.15. The molecule has 6 heteroatoms. The predicted molar refractivity (Wildman–Crippen MR) is 72.4 cm³/mol. The van der Waals surface area contributed by atoms with Crippen molar-refractivity contribution in [3.63, 3.8) is 0 Å². The Labute approximate surface area is 114 Å². The molecule has 1 aliphatic heterocycles. The van der Waals surface area contributed by atoms with Crippen LogP contribution in [0, 0.1) is 5.92 Å². The monoisotopic (exact) mass is 271 g/mol. The molecule has 1 fully saturated rings. The van der Waals surface area contributed by atoms with Gasteiger partial charge in [0.15, 0.2) is 0 Å². The third-order valence-corrected chi connectivity index (χ3v) is 3.22. The first-order valence-electron chi connectivity index (χ1n) is 7.02. The largest absolute Gasteiger partial charge is 0.379 e. The Morgan fingerprint density at radius 1 is 1.26 bits per heavy atom. The number of unbranched alkanes of at least 4 members (excludes halogenated alkanes) is 1. The summed E-state index contributed by atoms with van der Waals surface area (Å²) in [4.78, 5) is 22.6. The van der Waals surface area contributed by atoms with E-state index in [1.807, 2.05) is 0 Å². The molecule has 0 bridgehead atoms. The molecule has 1 rings (SSSR count). The Balaban J connectivity index is 2.18. The van der Waals surface area contributed by atoms with E-state index in [-0.39, 0.29) is 23.8 Å². The summed E-state index contributed by atoms with van der Waals surface area (Å²) in [6.45, 7) is 4.66. The van der Waals surface area contributed by atoms with Gasteiger partial charge < -0.3 is 21.1 Å². The van der Waals surface area contributed by atoms with Gasteiger partial charge in [0.1, 0.15) is 0 Å². The molecule has 2 unspecified atom stereocenters. The minimum absolute atomic E-state index is 0.0326. The molecule has 0 aliphatic carbocycles. The molecule has 0 radical (unpaired) electrons. The van der Waals surface area contributed by atoms with E-state index in [2.05, 4.69) is 17.6 Å². The molecule has 0 aromatic rings. The van der Waals surface area contributed by atoms with E-state index in [1.54, 1.807) is 0 Å². The van der Waals surface area contributed by atoms with Crippen molar-refractivity contribution in [2.75, 3.05) is 26.3 Å². The van der Waals surface area contributed by atoms with Crippen LogP contribution in [0.1, 0.15) is 32.6 Å². The van der Waals surface area contributed by atoms with Crippen LogP contribution in [-0.2, 0) is 14.3 Å². The zero-order valence-corrected chi connectivity index (χ0v) is 11.6. The highest BCUT2D eigenvalue weighted by molar-refractivity contribution is 5.79. The van der Waals surface area contributed by atoms with Crippen molar-refractivity contribution in [2.24, 2.45) is 11.7 Å². The second-order valence-corrected chi connectivity index (χ2v) is 4.92. The van der Waals surface area contributed by atoms with Crippen molar-refractivity contribution < 1.29 is 14.3 Å².